The fraction of sp³-hybridized carbons (Fsp3) is 0.231. The monoisotopic (exact) mass is 231 g/mol. The molecule has 88 valence electrons. The lowest BCUT2D eigenvalue weighted by atomic mass is 10.0. The second kappa shape index (κ2) is 4.51. The average Bonchev–Trinajstić information content (AvgIpc) is 2.71. The zero-order valence-corrected chi connectivity index (χ0v) is 9.73. The molecule has 2 rings (SSSR count). The van der Waals surface area contributed by atoms with Gasteiger partial charge in [-0.05, 0) is 19.4 Å². The van der Waals surface area contributed by atoms with Crippen LogP contribution >= 0.6 is 0 Å². The largest absolute Gasteiger partial charge is 0.392 e. The first kappa shape index (κ1) is 11.5. The van der Waals surface area contributed by atoms with Gasteiger partial charge < -0.3 is 9.63 Å². The van der Waals surface area contributed by atoms with Crippen LogP contribution in [0.25, 0.3) is 11.3 Å². The molecule has 0 spiro atoms. The molecule has 4 nitrogen and oxygen atoms in total. The fourth-order valence-electron chi connectivity index (χ4n) is 1.74. The molecule has 0 fully saturated rings. The number of carbonyl (C=O) groups is 1. The van der Waals surface area contributed by atoms with Crippen LogP contribution in [0.4, 0.5) is 0 Å². The number of aromatic nitrogens is 1. The molecule has 0 aliphatic carbocycles. The Bertz CT molecular complexity index is 540. The van der Waals surface area contributed by atoms with Crippen molar-refractivity contribution in [1.29, 1.82) is 0 Å². The van der Waals surface area contributed by atoms with Gasteiger partial charge in [-0.1, -0.05) is 29.4 Å². The molecule has 2 aromatic rings. The number of carbonyl (C=O) groups excluding carboxylic acids is 1. The van der Waals surface area contributed by atoms with E-state index in [4.69, 9.17) is 9.63 Å². The lowest BCUT2D eigenvalue weighted by Gasteiger charge is -2.00. The summed E-state index contributed by atoms with van der Waals surface area (Å²) in [6, 6.07) is 7.18. The molecule has 0 saturated carbocycles. The molecule has 1 heterocycles. The molecule has 17 heavy (non-hydrogen) atoms. The maximum atomic E-state index is 11.5. The lowest BCUT2D eigenvalue weighted by Crippen LogP contribution is -1.95. The Labute approximate surface area is 98.9 Å². The summed E-state index contributed by atoms with van der Waals surface area (Å²) in [6.07, 6.45) is 0. The second-order valence-corrected chi connectivity index (χ2v) is 3.88. The third-order valence-electron chi connectivity index (χ3n) is 2.61. The maximum Gasteiger partial charge on any atom is 0.177 e. The van der Waals surface area contributed by atoms with Gasteiger partial charge in [0.25, 0.3) is 0 Å². The highest BCUT2D eigenvalue weighted by Crippen LogP contribution is 2.26. The Balaban J connectivity index is 2.49. The van der Waals surface area contributed by atoms with Crippen molar-refractivity contribution in [3.8, 4) is 11.3 Å². The molecule has 0 aliphatic rings. The number of aliphatic hydroxyl groups is 1. The molecule has 0 unspecified atom stereocenters. The summed E-state index contributed by atoms with van der Waals surface area (Å²) in [5.74, 6) is 0.421. The molecule has 0 aliphatic heterocycles. The Morgan fingerprint density at radius 2 is 2.00 bits per heavy atom. The van der Waals surface area contributed by atoms with Crippen LogP contribution in [0.15, 0.2) is 28.8 Å². The van der Waals surface area contributed by atoms with E-state index in [0.29, 0.717) is 17.0 Å². The summed E-state index contributed by atoms with van der Waals surface area (Å²) in [6.45, 7) is 3.23. The molecule has 0 radical (unpaired) electrons. The first-order chi connectivity index (χ1) is 8.13. The number of benzene rings is 1. The Kier molecular flexibility index (Phi) is 3.06. The van der Waals surface area contributed by atoms with Gasteiger partial charge in [-0.3, -0.25) is 4.79 Å². The van der Waals surface area contributed by atoms with Crippen LogP contribution in [-0.2, 0) is 6.61 Å². The Morgan fingerprint density at radius 3 is 2.53 bits per heavy atom. The van der Waals surface area contributed by atoms with E-state index < -0.39 is 0 Å². The standard InChI is InChI=1S/C13H13NO3/c1-8-12(9(2)16)13(17-14-8)11-5-3-10(7-15)4-6-11/h3-6,15H,7H2,1-2H3. The van der Waals surface area contributed by atoms with Crippen molar-refractivity contribution < 1.29 is 14.4 Å². The zero-order chi connectivity index (χ0) is 12.4. The van der Waals surface area contributed by atoms with E-state index in [2.05, 4.69) is 5.16 Å². The molecule has 4 heteroatoms. The van der Waals surface area contributed by atoms with Gasteiger partial charge in [-0.2, -0.15) is 0 Å². The van der Waals surface area contributed by atoms with Gasteiger partial charge in [-0.15, -0.1) is 0 Å². The number of Topliss-reactive ketones (excluding diaryl/α,β-unsaturated/α-hetero) is 1. The molecule has 1 aromatic carbocycles. The molecule has 0 bridgehead atoms. The summed E-state index contributed by atoms with van der Waals surface area (Å²) in [7, 11) is 0. The van der Waals surface area contributed by atoms with Crippen molar-refractivity contribution in [1.82, 2.24) is 5.16 Å². The van der Waals surface area contributed by atoms with Crippen LogP contribution in [-0.4, -0.2) is 16.0 Å². The summed E-state index contributed by atoms with van der Waals surface area (Å²) >= 11 is 0. The van der Waals surface area contributed by atoms with Crippen LogP contribution in [0.3, 0.4) is 0 Å². The number of nitrogens with zero attached hydrogens (tertiary/aromatic N) is 1. The van der Waals surface area contributed by atoms with E-state index in [1.54, 1.807) is 31.2 Å². The van der Waals surface area contributed by atoms with Crippen molar-refractivity contribution in [3.63, 3.8) is 0 Å². The van der Waals surface area contributed by atoms with E-state index in [1.807, 2.05) is 0 Å². The number of aryl methyl sites for hydroxylation is 1. The zero-order valence-electron chi connectivity index (χ0n) is 9.73. The van der Waals surface area contributed by atoms with Gasteiger partial charge in [0.1, 0.15) is 0 Å². The lowest BCUT2D eigenvalue weighted by molar-refractivity contribution is 0.101. The average molecular weight is 231 g/mol. The smallest absolute Gasteiger partial charge is 0.177 e. The van der Waals surface area contributed by atoms with Crippen LogP contribution in [0.5, 0.6) is 0 Å². The summed E-state index contributed by atoms with van der Waals surface area (Å²) < 4.78 is 5.18. The topological polar surface area (TPSA) is 63.3 Å². The molecular formula is C13H13NO3. The predicted octanol–water partition coefficient (Wildman–Crippen LogP) is 2.34. The first-order valence-corrected chi connectivity index (χ1v) is 5.31. The summed E-state index contributed by atoms with van der Waals surface area (Å²) in [5.41, 5.74) is 2.71. The Hall–Kier alpha value is -1.94. The molecule has 0 saturated heterocycles. The predicted molar refractivity (Wildman–Crippen MR) is 62.6 cm³/mol. The SMILES string of the molecule is CC(=O)c1c(C)noc1-c1ccc(CO)cc1. The highest BCUT2D eigenvalue weighted by atomic mass is 16.5. The molecule has 0 amide bonds. The second-order valence-electron chi connectivity index (χ2n) is 3.88. The number of ketones is 1. The van der Waals surface area contributed by atoms with E-state index in [-0.39, 0.29) is 12.4 Å². The van der Waals surface area contributed by atoms with Crippen molar-refractivity contribution in [2.24, 2.45) is 0 Å². The van der Waals surface area contributed by atoms with Gasteiger partial charge in [0.15, 0.2) is 11.5 Å². The first-order valence-electron chi connectivity index (χ1n) is 5.31. The molecular weight excluding hydrogens is 218 g/mol. The van der Waals surface area contributed by atoms with Gasteiger partial charge in [0.2, 0.25) is 0 Å². The van der Waals surface area contributed by atoms with Crippen LogP contribution in [0.2, 0.25) is 0 Å². The number of hydrogen-bond donors (Lipinski definition) is 1. The highest BCUT2D eigenvalue weighted by molar-refractivity contribution is 6.00. The summed E-state index contributed by atoms with van der Waals surface area (Å²) in [5, 5.41) is 12.8. The van der Waals surface area contributed by atoms with Gasteiger partial charge in [-0.25, -0.2) is 0 Å². The van der Waals surface area contributed by atoms with Crippen molar-refractivity contribution in [2.75, 3.05) is 0 Å². The minimum absolute atomic E-state index is 0.00468. The molecule has 0 atom stereocenters. The maximum absolute atomic E-state index is 11.5. The van der Waals surface area contributed by atoms with Crippen LogP contribution in [0, 0.1) is 6.92 Å². The minimum atomic E-state index is -0.0648. The van der Waals surface area contributed by atoms with Gasteiger partial charge in [0.05, 0.1) is 17.9 Å². The van der Waals surface area contributed by atoms with E-state index in [1.165, 1.54) is 6.92 Å². The van der Waals surface area contributed by atoms with E-state index in [9.17, 15) is 4.79 Å². The quantitative estimate of drug-likeness (QED) is 0.823. The van der Waals surface area contributed by atoms with E-state index in [0.717, 1.165) is 11.1 Å². The van der Waals surface area contributed by atoms with Crippen molar-refractivity contribution in [2.45, 2.75) is 20.5 Å². The number of hydrogen-bond acceptors (Lipinski definition) is 4. The van der Waals surface area contributed by atoms with Crippen molar-refractivity contribution >= 4 is 5.78 Å². The van der Waals surface area contributed by atoms with Gasteiger partial charge in [0, 0.05) is 5.56 Å². The molecule has 1 aromatic heterocycles. The fourth-order valence-corrected chi connectivity index (χ4v) is 1.74. The minimum Gasteiger partial charge on any atom is -0.392 e. The normalized spacial score (nSPS) is 10.5. The van der Waals surface area contributed by atoms with Gasteiger partial charge >= 0.3 is 0 Å². The van der Waals surface area contributed by atoms with Crippen LogP contribution in [0.1, 0.15) is 28.5 Å². The molecule has 1 N–H and O–H groups in total. The third kappa shape index (κ3) is 2.12. The third-order valence-corrected chi connectivity index (χ3v) is 2.61. The highest BCUT2D eigenvalue weighted by Gasteiger charge is 2.18. The summed E-state index contributed by atoms with van der Waals surface area (Å²) in [4.78, 5) is 11.5. The number of aliphatic hydroxyl groups excluding tert-OH is 1. The number of rotatable bonds is 3. The van der Waals surface area contributed by atoms with Crippen molar-refractivity contribution in [3.05, 3.63) is 41.1 Å². The van der Waals surface area contributed by atoms with Crippen LogP contribution < -0.4 is 0 Å². The van der Waals surface area contributed by atoms with E-state index >= 15 is 0 Å². The Morgan fingerprint density at radius 1 is 1.35 bits per heavy atom.